The molecule has 1 fully saturated rings. The Labute approximate surface area is 91.1 Å². The highest BCUT2D eigenvalue weighted by Crippen LogP contribution is 2.32. The van der Waals surface area contributed by atoms with Gasteiger partial charge in [-0.1, -0.05) is 0 Å². The van der Waals surface area contributed by atoms with Gasteiger partial charge in [-0.25, -0.2) is 9.67 Å². The van der Waals surface area contributed by atoms with Crippen LogP contribution in [0.5, 0.6) is 0 Å². The van der Waals surface area contributed by atoms with Crippen LogP contribution in [0.3, 0.4) is 0 Å². The zero-order valence-electron chi connectivity index (χ0n) is 9.82. The Morgan fingerprint density at radius 2 is 2.20 bits per heavy atom. The molecule has 1 unspecified atom stereocenters. The first-order chi connectivity index (χ1) is 7.16. The van der Waals surface area contributed by atoms with Gasteiger partial charge in [0, 0.05) is 12.6 Å². The molecule has 1 heterocycles. The van der Waals surface area contributed by atoms with Gasteiger partial charge >= 0.3 is 0 Å². The maximum absolute atomic E-state index is 4.33. The minimum absolute atomic E-state index is 0.662. The van der Waals surface area contributed by atoms with Crippen molar-refractivity contribution in [3.63, 3.8) is 0 Å². The zero-order chi connectivity index (χ0) is 10.8. The lowest BCUT2D eigenvalue weighted by Crippen LogP contribution is -2.31. The van der Waals surface area contributed by atoms with E-state index < -0.39 is 0 Å². The van der Waals surface area contributed by atoms with Gasteiger partial charge in [0.15, 0.2) is 0 Å². The minimum atomic E-state index is 0.662. The van der Waals surface area contributed by atoms with E-state index in [9.17, 15) is 0 Å². The van der Waals surface area contributed by atoms with Crippen molar-refractivity contribution in [1.82, 2.24) is 20.1 Å². The minimum Gasteiger partial charge on any atom is -0.312 e. The van der Waals surface area contributed by atoms with Gasteiger partial charge in [0.1, 0.15) is 11.6 Å². The Kier molecular flexibility index (Phi) is 3.05. The van der Waals surface area contributed by atoms with Crippen molar-refractivity contribution in [2.75, 3.05) is 6.54 Å². The average molecular weight is 208 g/mol. The molecule has 4 nitrogen and oxygen atoms in total. The zero-order valence-corrected chi connectivity index (χ0v) is 9.82. The highest BCUT2D eigenvalue weighted by atomic mass is 15.3. The van der Waals surface area contributed by atoms with Crippen LogP contribution in [0.4, 0.5) is 0 Å². The van der Waals surface area contributed by atoms with E-state index in [-0.39, 0.29) is 0 Å². The smallest absolute Gasteiger partial charge is 0.147 e. The van der Waals surface area contributed by atoms with Crippen LogP contribution in [0.2, 0.25) is 0 Å². The molecule has 0 amide bonds. The Morgan fingerprint density at radius 3 is 2.73 bits per heavy atom. The lowest BCUT2D eigenvalue weighted by Gasteiger charge is -2.12. The summed E-state index contributed by atoms with van der Waals surface area (Å²) in [6.07, 6.45) is 2.80. The van der Waals surface area contributed by atoms with Crippen LogP contribution in [0, 0.1) is 19.8 Å². The quantitative estimate of drug-likeness (QED) is 0.792. The average Bonchev–Trinajstić information content (AvgIpc) is 2.94. The first-order valence-corrected chi connectivity index (χ1v) is 5.78. The molecule has 1 aromatic rings. The third kappa shape index (κ3) is 2.78. The summed E-state index contributed by atoms with van der Waals surface area (Å²) in [5, 5.41) is 7.87. The molecular formula is C11H20N4. The number of nitrogens with zero attached hydrogens (tertiary/aromatic N) is 3. The number of hydrogen-bond donors (Lipinski definition) is 1. The van der Waals surface area contributed by atoms with E-state index in [1.807, 2.05) is 18.5 Å². The molecule has 0 bridgehead atoms. The largest absolute Gasteiger partial charge is 0.312 e. The standard InChI is InChI=1S/C11H20N4/c1-8(11-4-5-11)12-6-7-15-10(3)13-9(2)14-15/h8,11-12H,4-7H2,1-3H3. The van der Waals surface area contributed by atoms with E-state index in [1.54, 1.807) is 0 Å². The predicted octanol–water partition coefficient (Wildman–Crippen LogP) is 1.28. The van der Waals surface area contributed by atoms with Gasteiger partial charge in [-0.2, -0.15) is 5.10 Å². The summed E-state index contributed by atoms with van der Waals surface area (Å²) >= 11 is 0. The summed E-state index contributed by atoms with van der Waals surface area (Å²) in [5.74, 6) is 2.79. The first kappa shape index (κ1) is 10.6. The van der Waals surface area contributed by atoms with Gasteiger partial charge in [0.05, 0.1) is 6.54 Å². The third-order valence-electron chi connectivity index (χ3n) is 3.08. The molecule has 84 valence electrons. The molecule has 1 saturated carbocycles. The van der Waals surface area contributed by atoms with Gasteiger partial charge in [-0.15, -0.1) is 0 Å². The van der Waals surface area contributed by atoms with Gasteiger partial charge in [-0.3, -0.25) is 0 Å². The van der Waals surface area contributed by atoms with Crippen LogP contribution >= 0.6 is 0 Å². The molecule has 15 heavy (non-hydrogen) atoms. The molecule has 0 saturated heterocycles. The van der Waals surface area contributed by atoms with Crippen molar-refractivity contribution in [1.29, 1.82) is 0 Å². The van der Waals surface area contributed by atoms with E-state index in [0.717, 1.165) is 30.7 Å². The molecule has 1 aliphatic carbocycles. The summed E-state index contributed by atoms with van der Waals surface area (Å²) in [7, 11) is 0. The number of nitrogens with one attached hydrogen (secondary N) is 1. The Bertz CT molecular complexity index is 327. The maximum atomic E-state index is 4.33. The van der Waals surface area contributed by atoms with E-state index in [4.69, 9.17) is 0 Å². The van der Waals surface area contributed by atoms with Crippen LogP contribution in [-0.2, 0) is 6.54 Å². The van der Waals surface area contributed by atoms with Gasteiger partial charge < -0.3 is 5.32 Å². The highest BCUT2D eigenvalue weighted by Gasteiger charge is 2.27. The second-order valence-electron chi connectivity index (χ2n) is 4.51. The summed E-state index contributed by atoms with van der Waals surface area (Å²) in [6, 6.07) is 0.662. The number of aryl methyl sites for hydroxylation is 2. The third-order valence-corrected chi connectivity index (χ3v) is 3.08. The molecular weight excluding hydrogens is 188 g/mol. The number of aromatic nitrogens is 3. The van der Waals surface area contributed by atoms with E-state index in [0.29, 0.717) is 6.04 Å². The van der Waals surface area contributed by atoms with Crippen molar-refractivity contribution in [2.24, 2.45) is 5.92 Å². The first-order valence-electron chi connectivity index (χ1n) is 5.78. The lowest BCUT2D eigenvalue weighted by molar-refractivity contribution is 0.458. The molecule has 0 spiro atoms. The van der Waals surface area contributed by atoms with Crippen molar-refractivity contribution in [3.8, 4) is 0 Å². The fourth-order valence-electron chi connectivity index (χ4n) is 1.93. The van der Waals surface area contributed by atoms with Crippen LogP contribution in [0.15, 0.2) is 0 Å². The Morgan fingerprint density at radius 1 is 1.47 bits per heavy atom. The monoisotopic (exact) mass is 208 g/mol. The molecule has 0 aromatic carbocycles. The fourth-order valence-corrected chi connectivity index (χ4v) is 1.93. The highest BCUT2D eigenvalue weighted by molar-refractivity contribution is 4.88. The molecule has 1 aromatic heterocycles. The summed E-state index contributed by atoms with van der Waals surface area (Å²) in [4.78, 5) is 4.28. The van der Waals surface area contributed by atoms with E-state index >= 15 is 0 Å². The Hall–Kier alpha value is -0.900. The number of rotatable bonds is 5. The fraction of sp³-hybridized carbons (Fsp3) is 0.818. The molecule has 2 rings (SSSR count). The van der Waals surface area contributed by atoms with Gasteiger partial charge in [-0.05, 0) is 39.5 Å². The van der Waals surface area contributed by atoms with Crippen molar-refractivity contribution < 1.29 is 0 Å². The summed E-state index contributed by atoms with van der Waals surface area (Å²) in [6.45, 7) is 8.12. The van der Waals surface area contributed by atoms with Crippen molar-refractivity contribution >= 4 is 0 Å². The lowest BCUT2D eigenvalue weighted by atomic mass is 10.2. The normalized spacial score (nSPS) is 18.1. The SMILES string of the molecule is Cc1nc(C)n(CCNC(C)C2CC2)n1. The van der Waals surface area contributed by atoms with Crippen LogP contribution < -0.4 is 5.32 Å². The van der Waals surface area contributed by atoms with Gasteiger partial charge in [0.25, 0.3) is 0 Å². The van der Waals surface area contributed by atoms with Crippen molar-refractivity contribution in [3.05, 3.63) is 11.6 Å². The van der Waals surface area contributed by atoms with E-state index in [1.165, 1.54) is 12.8 Å². The summed E-state index contributed by atoms with van der Waals surface area (Å²) < 4.78 is 1.97. The second-order valence-corrected chi connectivity index (χ2v) is 4.51. The van der Waals surface area contributed by atoms with Gasteiger partial charge in [0.2, 0.25) is 0 Å². The van der Waals surface area contributed by atoms with Crippen LogP contribution in [0.1, 0.15) is 31.4 Å². The number of hydrogen-bond acceptors (Lipinski definition) is 3. The molecule has 0 aliphatic heterocycles. The van der Waals surface area contributed by atoms with Crippen LogP contribution in [-0.4, -0.2) is 27.4 Å². The summed E-state index contributed by atoms with van der Waals surface area (Å²) in [5.41, 5.74) is 0. The van der Waals surface area contributed by atoms with Crippen LogP contribution in [0.25, 0.3) is 0 Å². The maximum Gasteiger partial charge on any atom is 0.147 e. The molecule has 1 aliphatic rings. The molecule has 1 atom stereocenters. The second kappa shape index (κ2) is 4.31. The van der Waals surface area contributed by atoms with E-state index in [2.05, 4.69) is 22.3 Å². The van der Waals surface area contributed by atoms with Crippen molar-refractivity contribution in [2.45, 2.75) is 46.2 Å². The topological polar surface area (TPSA) is 42.7 Å². The molecule has 1 N–H and O–H groups in total. The Balaban J connectivity index is 1.75. The molecule has 0 radical (unpaired) electrons. The molecule has 4 heteroatoms. The predicted molar refractivity (Wildman–Crippen MR) is 59.7 cm³/mol.